The van der Waals surface area contributed by atoms with Crippen molar-refractivity contribution in [1.29, 1.82) is 5.26 Å². The van der Waals surface area contributed by atoms with Gasteiger partial charge in [0.25, 0.3) is 5.91 Å². The van der Waals surface area contributed by atoms with Crippen LogP contribution >= 0.6 is 23.3 Å². The van der Waals surface area contributed by atoms with Crippen molar-refractivity contribution in [2.24, 2.45) is 0 Å². The number of carbonyl (C=O) groups is 3. The molecule has 0 fully saturated rings. The molecule has 0 unspecified atom stereocenters. The fourth-order valence-electron chi connectivity index (χ4n) is 3.31. The van der Waals surface area contributed by atoms with E-state index >= 15 is 0 Å². The van der Waals surface area contributed by atoms with Crippen LogP contribution in [0.25, 0.3) is 0 Å². The van der Waals surface area contributed by atoms with E-state index in [2.05, 4.69) is 15.8 Å². The normalized spacial score (nSPS) is 10.4. The molecule has 186 valence electrons. The lowest BCUT2D eigenvalue weighted by atomic mass is 10.2. The van der Waals surface area contributed by atoms with Crippen molar-refractivity contribution in [2.75, 3.05) is 24.2 Å². The van der Waals surface area contributed by atoms with Crippen molar-refractivity contribution >= 4 is 52.2 Å². The molecule has 10 heteroatoms. The number of hydrogen-bond acceptors (Lipinski definition) is 8. The summed E-state index contributed by atoms with van der Waals surface area (Å²) in [6.07, 6.45) is 1.13. The summed E-state index contributed by atoms with van der Waals surface area (Å²) in [5.74, 6) is 0.112. The van der Waals surface area contributed by atoms with Crippen LogP contribution in [0.2, 0.25) is 0 Å². The van der Waals surface area contributed by atoms with E-state index in [0.717, 1.165) is 22.4 Å². The molecular formula is C26H27N5O3S2. The van der Waals surface area contributed by atoms with Gasteiger partial charge in [0.15, 0.2) is 5.13 Å². The maximum Gasteiger partial charge on any atom is 0.280 e. The standard InChI is InChI=1S/C26H27N5O3S2/c1-19-24(25(34)29-35-16-14-30(2)23(33)9-6-15-32)28-26(36-19)31(18-21-7-4-3-5-8-21)22-12-10-20(17-27)11-13-22/h3-5,7-8,10-13,15H,6,9,14,16,18H2,1-2H3,(H,29,34). The number of carbonyl (C=O) groups excluding carboxylic acids is 3. The Bertz CT molecular complexity index is 1220. The Morgan fingerprint density at radius 3 is 2.56 bits per heavy atom. The van der Waals surface area contributed by atoms with Gasteiger partial charge in [-0.1, -0.05) is 30.3 Å². The molecule has 3 rings (SSSR count). The summed E-state index contributed by atoms with van der Waals surface area (Å²) in [4.78, 5) is 44.2. The first-order chi connectivity index (χ1) is 17.4. The first-order valence-corrected chi connectivity index (χ1v) is 13.1. The molecule has 2 amide bonds. The molecule has 0 bridgehead atoms. The van der Waals surface area contributed by atoms with Crippen LogP contribution < -0.4 is 9.62 Å². The molecule has 0 atom stereocenters. The van der Waals surface area contributed by atoms with Gasteiger partial charge in [-0.15, -0.1) is 11.3 Å². The predicted octanol–water partition coefficient (Wildman–Crippen LogP) is 4.48. The van der Waals surface area contributed by atoms with Gasteiger partial charge in [0.2, 0.25) is 5.91 Å². The smallest absolute Gasteiger partial charge is 0.280 e. The van der Waals surface area contributed by atoms with E-state index in [1.807, 2.05) is 54.3 Å². The molecular weight excluding hydrogens is 494 g/mol. The van der Waals surface area contributed by atoms with Crippen LogP contribution in [0.5, 0.6) is 0 Å². The predicted molar refractivity (Wildman–Crippen MR) is 143 cm³/mol. The monoisotopic (exact) mass is 521 g/mol. The minimum Gasteiger partial charge on any atom is -0.345 e. The second kappa shape index (κ2) is 13.4. The number of aromatic nitrogens is 1. The van der Waals surface area contributed by atoms with Gasteiger partial charge >= 0.3 is 0 Å². The van der Waals surface area contributed by atoms with E-state index in [1.165, 1.54) is 23.3 Å². The molecule has 36 heavy (non-hydrogen) atoms. The van der Waals surface area contributed by atoms with Gasteiger partial charge in [0, 0.05) is 42.8 Å². The van der Waals surface area contributed by atoms with Gasteiger partial charge in [-0.05, 0) is 48.7 Å². The topological polar surface area (TPSA) is 106 Å². The van der Waals surface area contributed by atoms with Gasteiger partial charge in [-0.25, -0.2) is 4.98 Å². The minimum atomic E-state index is -0.297. The number of aldehydes is 1. The Balaban J connectivity index is 1.69. The molecule has 2 aromatic carbocycles. The molecule has 0 saturated carbocycles. The summed E-state index contributed by atoms with van der Waals surface area (Å²) in [6, 6.07) is 19.4. The number of aryl methyl sites for hydroxylation is 1. The van der Waals surface area contributed by atoms with Crippen LogP contribution in [0.3, 0.4) is 0 Å². The average molecular weight is 522 g/mol. The summed E-state index contributed by atoms with van der Waals surface area (Å²) in [5, 5.41) is 9.83. The van der Waals surface area contributed by atoms with Crippen molar-refractivity contribution in [3.05, 3.63) is 76.3 Å². The number of hydrogen-bond donors (Lipinski definition) is 1. The SMILES string of the molecule is Cc1sc(N(Cc2ccccc2)c2ccc(C#N)cc2)nc1C(=O)NSCCN(C)C(=O)CCC=O. The van der Waals surface area contributed by atoms with E-state index in [0.29, 0.717) is 35.2 Å². The summed E-state index contributed by atoms with van der Waals surface area (Å²) in [7, 11) is 1.68. The van der Waals surface area contributed by atoms with Crippen molar-refractivity contribution in [2.45, 2.75) is 26.3 Å². The van der Waals surface area contributed by atoms with E-state index in [-0.39, 0.29) is 24.7 Å². The second-order valence-electron chi connectivity index (χ2n) is 7.93. The maximum atomic E-state index is 12.8. The highest BCUT2D eigenvalue weighted by atomic mass is 32.2. The second-order valence-corrected chi connectivity index (χ2v) is 10.0. The molecule has 0 aliphatic carbocycles. The van der Waals surface area contributed by atoms with E-state index < -0.39 is 0 Å². The Morgan fingerprint density at radius 2 is 1.89 bits per heavy atom. The van der Waals surface area contributed by atoms with Crippen molar-refractivity contribution in [1.82, 2.24) is 14.6 Å². The lowest BCUT2D eigenvalue weighted by molar-refractivity contribution is -0.130. The molecule has 0 aliphatic rings. The van der Waals surface area contributed by atoms with Crippen LogP contribution in [-0.2, 0) is 16.1 Å². The Hall–Kier alpha value is -3.68. The summed E-state index contributed by atoms with van der Waals surface area (Å²) in [6.45, 7) is 2.87. The van der Waals surface area contributed by atoms with Crippen LogP contribution in [0.4, 0.5) is 10.8 Å². The number of rotatable bonds is 12. The number of nitrogens with zero attached hydrogens (tertiary/aromatic N) is 4. The van der Waals surface area contributed by atoms with Gasteiger partial charge in [0.05, 0.1) is 18.2 Å². The Labute approximate surface area is 219 Å². The summed E-state index contributed by atoms with van der Waals surface area (Å²) < 4.78 is 2.81. The molecule has 1 aromatic heterocycles. The van der Waals surface area contributed by atoms with Gasteiger partial charge < -0.3 is 14.6 Å². The molecule has 1 N–H and O–H groups in total. The van der Waals surface area contributed by atoms with Crippen molar-refractivity contribution in [3.8, 4) is 6.07 Å². The van der Waals surface area contributed by atoms with Gasteiger partial charge in [0.1, 0.15) is 12.0 Å². The quantitative estimate of drug-likeness (QED) is 0.213. The fourth-order valence-corrected chi connectivity index (χ4v) is 4.93. The van der Waals surface area contributed by atoms with Gasteiger partial charge in [-0.2, -0.15) is 5.26 Å². The molecule has 0 saturated heterocycles. The summed E-state index contributed by atoms with van der Waals surface area (Å²) in [5.41, 5.74) is 2.88. The molecule has 0 aliphatic heterocycles. The molecule has 0 radical (unpaired) electrons. The highest BCUT2D eigenvalue weighted by Gasteiger charge is 2.21. The maximum absolute atomic E-state index is 12.8. The lowest BCUT2D eigenvalue weighted by Crippen LogP contribution is -2.30. The lowest BCUT2D eigenvalue weighted by Gasteiger charge is -2.22. The third kappa shape index (κ3) is 7.41. The Kier molecular flexibility index (Phi) is 10.0. The zero-order valence-corrected chi connectivity index (χ0v) is 21.8. The third-order valence-electron chi connectivity index (χ3n) is 5.32. The summed E-state index contributed by atoms with van der Waals surface area (Å²) >= 11 is 2.64. The van der Waals surface area contributed by atoms with Crippen LogP contribution in [0.1, 0.15) is 39.3 Å². The number of benzene rings is 2. The molecule has 1 heterocycles. The third-order valence-corrected chi connectivity index (χ3v) is 7.03. The zero-order chi connectivity index (χ0) is 25.9. The fraction of sp³-hybridized carbons (Fsp3) is 0.269. The number of thiazole rings is 1. The average Bonchev–Trinajstić information content (AvgIpc) is 3.30. The zero-order valence-electron chi connectivity index (χ0n) is 20.1. The molecule has 0 spiro atoms. The number of nitrogens with one attached hydrogen (secondary N) is 1. The Morgan fingerprint density at radius 1 is 1.17 bits per heavy atom. The minimum absolute atomic E-state index is 0.102. The largest absolute Gasteiger partial charge is 0.345 e. The van der Waals surface area contributed by atoms with E-state index in [1.54, 1.807) is 24.1 Å². The van der Waals surface area contributed by atoms with Crippen molar-refractivity contribution in [3.63, 3.8) is 0 Å². The highest BCUT2D eigenvalue weighted by molar-refractivity contribution is 7.97. The van der Waals surface area contributed by atoms with E-state index in [4.69, 9.17) is 5.26 Å². The number of nitriles is 1. The van der Waals surface area contributed by atoms with Crippen LogP contribution in [-0.4, -0.2) is 47.3 Å². The first-order valence-electron chi connectivity index (χ1n) is 11.3. The molecule has 8 nitrogen and oxygen atoms in total. The van der Waals surface area contributed by atoms with Crippen LogP contribution in [0, 0.1) is 18.3 Å². The first kappa shape index (κ1) is 26.9. The van der Waals surface area contributed by atoms with Crippen LogP contribution in [0.15, 0.2) is 54.6 Å². The highest BCUT2D eigenvalue weighted by Crippen LogP contribution is 2.33. The van der Waals surface area contributed by atoms with E-state index in [9.17, 15) is 14.4 Å². The number of amides is 2. The number of anilines is 2. The van der Waals surface area contributed by atoms with Gasteiger partial charge in [-0.3, -0.25) is 14.3 Å². The molecule has 3 aromatic rings. The van der Waals surface area contributed by atoms with Crippen molar-refractivity contribution < 1.29 is 14.4 Å².